The van der Waals surface area contributed by atoms with Crippen LogP contribution in [0, 0.1) is 22.7 Å². The summed E-state index contributed by atoms with van der Waals surface area (Å²) in [6.07, 6.45) is 3.03. The van der Waals surface area contributed by atoms with Crippen LogP contribution in [0.5, 0.6) is 11.5 Å². The molecule has 0 saturated carbocycles. The van der Waals surface area contributed by atoms with Gasteiger partial charge in [0.25, 0.3) is 0 Å². The quantitative estimate of drug-likeness (QED) is 0.140. The predicted octanol–water partition coefficient (Wildman–Crippen LogP) is 6.80. The molecule has 7 aromatic rings. The lowest BCUT2D eigenvalue weighted by molar-refractivity contribution is 0.0321. The van der Waals surface area contributed by atoms with Crippen molar-refractivity contribution in [3.05, 3.63) is 93.9 Å². The Morgan fingerprint density at radius 3 is 1.74 bits per heavy atom. The number of nitrogens with zero attached hydrogens (tertiary/aromatic N) is 8. The lowest BCUT2D eigenvalue weighted by Gasteiger charge is -2.26. The number of nitrogens with one attached hydrogen (secondary N) is 2. The SMILES string of the molecule is Clc1cnc2nc(-c3ccc(OCCN4CCOCC4)cc3)[nH]c2c1-c1ccsc1.N#Cc1cnc2nc(-c3ccc(OCCN4CCOCC4)cc3)[nH]c2c1C#N. The first kappa shape index (κ1) is 38.9. The van der Waals surface area contributed by atoms with Crippen molar-refractivity contribution >= 4 is 45.3 Å². The minimum absolute atomic E-state index is 0.231. The van der Waals surface area contributed by atoms with E-state index < -0.39 is 0 Å². The van der Waals surface area contributed by atoms with Crippen LogP contribution in [0.2, 0.25) is 5.02 Å². The maximum Gasteiger partial charge on any atom is 0.179 e. The number of aromatic nitrogens is 6. The summed E-state index contributed by atoms with van der Waals surface area (Å²) in [5, 5.41) is 23.2. The molecule has 0 spiro atoms. The first-order valence-electron chi connectivity index (χ1n) is 18.9. The highest BCUT2D eigenvalue weighted by molar-refractivity contribution is 7.08. The third kappa shape index (κ3) is 9.11. The fourth-order valence-corrected chi connectivity index (χ4v) is 7.61. The number of ether oxygens (including phenoxy) is 4. The fourth-order valence-electron chi connectivity index (χ4n) is 6.71. The zero-order valence-corrected chi connectivity index (χ0v) is 33.1. The van der Waals surface area contributed by atoms with Crippen LogP contribution >= 0.6 is 22.9 Å². The summed E-state index contributed by atoms with van der Waals surface area (Å²) in [7, 11) is 0. The Kier molecular flexibility index (Phi) is 12.5. The molecular formula is C42H39ClN10O4S. The zero-order valence-electron chi connectivity index (χ0n) is 31.5. The molecular weight excluding hydrogens is 776 g/mol. The molecule has 0 bridgehead atoms. The highest BCUT2D eigenvalue weighted by Crippen LogP contribution is 2.35. The number of aromatic amines is 2. The summed E-state index contributed by atoms with van der Waals surface area (Å²) < 4.78 is 22.4. The number of hydrogen-bond acceptors (Lipinski definition) is 13. The van der Waals surface area contributed by atoms with E-state index >= 15 is 0 Å². The molecule has 0 amide bonds. The molecule has 2 aromatic carbocycles. The number of thiophene rings is 1. The number of rotatable bonds is 11. The summed E-state index contributed by atoms with van der Waals surface area (Å²) in [5.41, 5.74) is 6.70. The Labute approximate surface area is 343 Å². The number of H-pyrrole nitrogens is 2. The molecule has 294 valence electrons. The maximum absolute atomic E-state index is 9.34. The molecule has 9 rings (SSSR count). The first-order valence-corrected chi connectivity index (χ1v) is 20.2. The Hall–Kier alpha value is -5.91. The molecule has 7 heterocycles. The molecule has 0 aliphatic carbocycles. The standard InChI is InChI=1S/C22H21ClN4O2S.C20H18N6O2/c23-18-13-24-22-20(19(18)16-5-12-30-14-16)25-21(26-22)15-1-3-17(4-2-15)29-11-8-27-6-9-28-10-7-27;21-11-15-13-23-20-18(17(15)12-22)24-19(25-20)14-1-3-16(4-2-14)28-10-7-26-5-8-27-9-6-26/h1-5,12-14H,6-11H2,(H,24,25,26);1-4,13H,5-10H2,(H,23,24,25). The molecule has 0 unspecified atom stereocenters. The average molecular weight is 815 g/mol. The van der Waals surface area contributed by atoms with Gasteiger partial charge in [0, 0.05) is 68.4 Å². The minimum Gasteiger partial charge on any atom is -0.492 e. The minimum atomic E-state index is 0.231. The van der Waals surface area contributed by atoms with Gasteiger partial charge in [-0.05, 0) is 70.9 Å². The molecule has 16 heteroatoms. The normalized spacial score (nSPS) is 14.7. The van der Waals surface area contributed by atoms with Gasteiger partial charge in [-0.2, -0.15) is 21.9 Å². The number of nitriles is 2. The highest BCUT2D eigenvalue weighted by atomic mass is 35.5. The van der Waals surface area contributed by atoms with Crippen molar-refractivity contribution in [2.75, 3.05) is 78.9 Å². The van der Waals surface area contributed by atoms with Gasteiger partial charge >= 0.3 is 0 Å². The van der Waals surface area contributed by atoms with Crippen molar-refractivity contribution in [2.24, 2.45) is 0 Å². The van der Waals surface area contributed by atoms with Gasteiger partial charge in [-0.15, -0.1) is 0 Å². The average Bonchev–Trinajstić information content (AvgIpc) is 4.06. The van der Waals surface area contributed by atoms with Gasteiger partial charge in [0.05, 0.1) is 48.1 Å². The van der Waals surface area contributed by atoms with Gasteiger partial charge in [-0.3, -0.25) is 9.80 Å². The summed E-state index contributed by atoms with van der Waals surface area (Å²) in [4.78, 5) is 28.8. The third-order valence-corrected chi connectivity index (χ3v) is 10.8. The lowest BCUT2D eigenvalue weighted by Crippen LogP contribution is -2.38. The van der Waals surface area contributed by atoms with E-state index in [0.717, 1.165) is 111 Å². The number of hydrogen-bond donors (Lipinski definition) is 2. The van der Waals surface area contributed by atoms with Gasteiger partial charge in [-0.1, -0.05) is 11.6 Å². The van der Waals surface area contributed by atoms with Crippen molar-refractivity contribution in [1.82, 2.24) is 39.7 Å². The number of imidazole rings is 2. The first-order chi connectivity index (χ1) is 28.6. The number of morpholine rings is 2. The summed E-state index contributed by atoms with van der Waals surface area (Å²) in [6.45, 7) is 10.1. The van der Waals surface area contributed by atoms with Crippen LogP contribution in [-0.4, -0.2) is 119 Å². The largest absolute Gasteiger partial charge is 0.492 e. The van der Waals surface area contributed by atoms with Crippen LogP contribution in [0.4, 0.5) is 0 Å². The molecule has 2 fully saturated rings. The van der Waals surface area contributed by atoms with E-state index in [-0.39, 0.29) is 11.1 Å². The van der Waals surface area contributed by atoms with Crippen LogP contribution in [0.25, 0.3) is 56.2 Å². The van der Waals surface area contributed by atoms with E-state index in [2.05, 4.69) is 51.2 Å². The third-order valence-electron chi connectivity index (χ3n) is 9.85. The highest BCUT2D eigenvalue weighted by Gasteiger charge is 2.17. The second-order valence-corrected chi connectivity index (χ2v) is 14.7. The van der Waals surface area contributed by atoms with Gasteiger partial charge in [0.2, 0.25) is 0 Å². The maximum atomic E-state index is 9.34. The van der Waals surface area contributed by atoms with Crippen molar-refractivity contribution in [2.45, 2.75) is 0 Å². The molecule has 2 saturated heterocycles. The molecule has 5 aromatic heterocycles. The lowest BCUT2D eigenvalue weighted by atomic mass is 10.1. The van der Waals surface area contributed by atoms with Crippen molar-refractivity contribution < 1.29 is 18.9 Å². The molecule has 2 aliphatic heterocycles. The number of fused-ring (bicyclic) bond motifs is 2. The Morgan fingerprint density at radius 2 is 1.22 bits per heavy atom. The van der Waals surface area contributed by atoms with Crippen LogP contribution in [0.3, 0.4) is 0 Å². The number of halogens is 1. The topological polar surface area (TPSA) is 174 Å². The smallest absolute Gasteiger partial charge is 0.179 e. The van der Waals surface area contributed by atoms with Gasteiger partial charge in [0.1, 0.15) is 54.0 Å². The van der Waals surface area contributed by atoms with E-state index in [1.54, 1.807) is 17.5 Å². The van der Waals surface area contributed by atoms with Gasteiger partial charge in [0.15, 0.2) is 11.3 Å². The van der Waals surface area contributed by atoms with E-state index in [1.807, 2.05) is 66.0 Å². The summed E-state index contributed by atoms with van der Waals surface area (Å²) >= 11 is 8.08. The molecule has 0 radical (unpaired) electrons. The summed E-state index contributed by atoms with van der Waals surface area (Å²) in [5.74, 6) is 2.99. The molecule has 14 nitrogen and oxygen atoms in total. The number of pyridine rings is 2. The van der Waals surface area contributed by atoms with E-state index in [1.165, 1.54) is 6.20 Å². The molecule has 2 N–H and O–H groups in total. The zero-order chi connectivity index (χ0) is 39.7. The monoisotopic (exact) mass is 814 g/mol. The van der Waals surface area contributed by atoms with E-state index in [0.29, 0.717) is 40.9 Å². The van der Waals surface area contributed by atoms with Crippen LogP contribution in [0.1, 0.15) is 11.1 Å². The van der Waals surface area contributed by atoms with E-state index in [4.69, 9.17) is 35.8 Å². The van der Waals surface area contributed by atoms with Crippen molar-refractivity contribution in [3.63, 3.8) is 0 Å². The van der Waals surface area contributed by atoms with Crippen LogP contribution in [0.15, 0.2) is 77.8 Å². The molecule has 2 aliphatic rings. The summed E-state index contributed by atoms with van der Waals surface area (Å²) in [6, 6.07) is 21.6. The Balaban J connectivity index is 0.000000162. The molecule has 0 atom stereocenters. The van der Waals surface area contributed by atoms with Gasteiger partial charge in [-0.25, -0.2) is 19.9 Å². The van der Waals surface area contributed by atoms with Crippen molar-refractivity contribution in [1.29, 1.82) is 10.5 Å². The Morgan fingerprint density at radius 1 is 0.690 bits per heavy atom. The second kappa shape index (κ2) is 18.6. The van der Waals surface area contributed by atoms with Crippen LogP contribution in [-0.2, 0) is 9.47 Å². The van der Waals surface area contributed by atoms with Crippen LogP contribution < -0.4 is 9.47 Å². The predicted molar refractivity (Wildman–Crippen MR) is 222 cm³/mol. The number of benzene rings is 2. The Bertz CT molecular complexity index is 2530. The van der Waals surface area contributed by atoms with Crippen molar-refractivity contribution in [3.8, 4) is 57.5 Å². The fraction of sp³-hybridized carbons (Fsp3) is 0.286. The molecule has 58 heavy (non-hydrogen) atoms. The second-order valence-electron chi connectivity index (χ2n) is 13.5. The van der Waals surface area contributed by atoms with Gasteiger partial charge < -0.3 is 28.9 Å². The van der Waals surface area contributed by atoms with E-state index in [9.17, 15) is 5.26 Å².